The number of carbonyl (C=O) groups is 1. The maximum absolute atomic E-state index is 13.3. The van der Waals surface area contributed by atoms with Crippen molar-refractivity contribution in [2.24, 2.45) is 0 Å². The summed E-state index contributed by atoms with van der Waals surface area (Å²) in [6.45, 7) is 4.73. The molecule has 7 nitrogen and oxygen atoms in total. The van der Waals surface area contributed by atoms with Crippen molar-refractivity contribution in [1.82, 2.24) is 20.2 Å². The molecule has 3 aromatic rings. The number of allylic oxidation sites excluding steroid dienone is 1. The molecule has 1 fully saturated rings. The summed E-state index contributed by atoms with van der Waals surface area (Å²) in [7, 11) is 2.07. The van der Waals surface area contributed by atoms with Crippen LogP contribution in [-0.4, -0.2) is 63.3 Å². The number of amides is 1. The third kappa shape index (κ3) is 4.70. The Balaban J connectivity index is 1.33. The molecule has 0 saturated heterocycles. The van der Waals surface area contributed by atoms with Crippen molar-refractivity contribution < 1.29 is 15.0 Å². The van der Waals surface area contributed by atoms with E-state index < -0.39 is 6.10 Å². The topological polar surface area (TPSA) is 104 Å². The zero-order chi connectivity index (χ0) is 25.4. The van der Waals surface area contributed by atoms with Gasteiger partial charge < -0.3 is 30.4 Å². The molecule has 1 atom stereocenters. The highest BCUT2D eigenvalue weighted by molar-refractivity contribution is 6.03. The number of aromatic nitrogens is 2. The minimum atomic E-state index is -0.613. The van der Waals surface area contributed by atoms with Gasteiger partial charge in [-0.15, -0.1) is 0 Å². The van der Waals surface area contributed by atoms with E-state index in [9.17, 15) is 15.0 Å². The summed E-state index contributed by atoms with van der Waals surface area (Å²) in [5.74, 6) is -0.0252. The number of benzene rings is 1. The Labute approximate surface area is 212 Å². The van der Waals surface area contributed by atoms with Crippen molar-refractivity contribution in [3.63, 3.8) is 0 Å². The quantitative estimate of drug-likeness (QED) is 0.335. The van der Waals surface area contributed by atoms with Gasteiger partial charge >= 0.3 is 0 Å². The average molecular weight is 491 g/mol. The first-order valence-electron chi connectivity index (χ1n) is 13.2. The summed E-state index contributed by atoms with van der Waals surface area (Å²) in [5.41, 5.74) is 7.00. The summed E-state index contributed by atoms with van der Waals surface area (Å²) in [4.78, 5) is 22.0. The van der Waals surface area contributed by atoms with E-state index >= 15 is 0 Å². The normalized spacial score (nSPS) is 17.3. The van der Waals surface area contributed by atoms with Crippen LogP contribution in [0.5, 0.6) is 5.88 Å². The zero-order valence-corrected chi connectivity index (χ0v) is 21.6. The standard InChI is InChI=1S/C29H38N4O3/c1-17-12-13-24-23(14-17)26(29(36)32-24)22-11-7-10-21-25(18(2)31-27(21)22)28(35)30-15-20(34)16-33(3)19-8-5-4-6-9-19/h11-14,19-20,31-32,34,36H,4-10,15-16H2,1-3H3,(H,30,35). The lowest BCUT2D eigenvalue weighted by Gasteiger charge is -2.32. The number of aryl methyl sites for hydroxylation is 2. The molecular weight excluding hydrogens is 452 g/mol. The van der Waals surface area contributed by atoms with Gasteiger partial charge in [0.15, 0.2) is 5.88 Å². The van der Waals surface area contributed by atoms with E-state index in [4.69, 9.17) is 0 Å². The van der Waals surface area contributed by atoms with E-state index in [1.165, 1.54) is 32.1 Å². The zero-order valence-electron chi connectivity index (χ0n) is 21.6. The SMILES string of the molecule is Cc1ccc2[nH]c(O)c(C3=CCCc4c3[nH]c(C)c4C(=O)NCC(O)CN(C)C3CCCCC3)c2c1. The minimum absolute atomic E-state index is 0.137. The second kappa shape index (κ2) is 10.1. The molecule has 192 valence electrons. The Hall–Kier alpha value is -3.03. The molecule has 1 saturated carbocycles. The largest absolute Gasteiger partial charge is 0.494 e. The van der Waals surface area contributed by atoms with E-state index in [-0.39, 0.29) is 18.3 Å². The van der Waals surface area contributed by atoms with Crippen molar-refractivity contribution >= 4 is 22.4 Å². The first-order chi connectivity index (χ1) is 17.3. The van der Waals surface area contributed by atoms with Gasteiger partial charge in [-0.05, 0) is 64.3 Å². The number of carbonyl (C=O) groups excluding carboxylic acids is 1. The van der Waals surface area contributed by atoms with Crippen molar-refractivity contribution in [3.8, 4) is 5.88 Å². The number of nitrogens with one attached hydrogen (secondary N) is 3. The molecule has 0 bridgehead atoms. The van der Waals surface area contributed by atoms with E-state index in [0.717, 1.165) is 57.4 Å². The van der Waals surface area contributed by atoms with Crippen molar-refractivity contribution in [3.05, 3.63) is 57.9 Å². The molecule has 2 heterocycles. The molecule has 2 aliphatic rings. The average Bonchev–Trinajstić information content (AvgIpc) is 3.37. The lowest BCUT2D eigenvalue weighted by Crippen LogP contribution is -2.43. The first-order valence-corrected chi connectivity index (χ1v) is 13.2. The summed E-state index contributed by atoms with van der Waals surface area (Å²) in [6.07, 6.45) is 9.25. The maximum Gasteiger partial charge on any atom is 0.253 e. The van der Waals surface area contributed by atoms with Crippen LogP contribution in [0.15, 0.2) is 24.3 Å². The van der Waals surface area contributed by atoms with Crippen LogP contribution in [0.1, 0.15) is 77.0 Å². The lowest BCUT2D eigenvalue weighted by atomic mass is 9.89. The van der Waals surface area contributed by atoms with Gasteiger partial charge in [-0.2, -0.15) is 0 Å². The smallest absolute Gasteiger partial charge is 0.253 e. The van der Waals surface area contributed by atoms with Crippen LogP contribution in [0.25, 0.3) is 16.5 Å². The van der Waals surface area contributed by atoms with Gasteiger partial charge in [-0.1, -0.05) is 37.0 Å². The van der Waals surface area contributed by atoms with Crippen LogP contribution in [0.4, 0.5) is 0 Å². The Kier molecular flexibility index (Phi) is 6.95. The maximum atomic E-state index is 13.3. The Morgan fingerprint density at radius 1 is 1.19 bits per heavy atom. The summed E-state index contributed by atoms with van der Waals surface area (Å²) >= 11 is 0. The van der Waals surface area contributed by atoms with Gasteiger partial charge in [0.1, 0.15) is 0 Å². The van der Waals surface area contributed by atoms with Gasteiger partial charge in [0.25, 0.3) is 5.91 Å². The van der Waals surface area contributed by atoms with E-state index in [0.29, 0.717) is 18.2 Å². The number of aliphatic hydroxyl groups is 1. The molecule has 0 radical (unpaired) electrons. The van der Waals surface area contributed by atoms with Crippen molar-refractivity contribution in [1.29, 1.82) is 0 Å². The fraction of sp³-hybridized carbons (Fsp3) is 0.483. The molecule has 36 heavy (non-hydrogen) atoms. The number of likely N-dealkylation sites (N-methyl/N-ethyl adjacent to an activating group) is 1. The van der Waals surface area contributed by atoms with E-state index in [1.807, 2.05) is 26.0 Å². The van der Waals surface area contributed by atoms with Crippen LogP contribution < -0.4 is 5.32 Å². The first kappa shape index (κ1) is 24.7. The number of rotatable bonds is 7. The van der Waals surface area contributed by atoms with Crippen LogP contribution in [0.3, 0.4) is 0 Å². The predicted octanol–water partition coefficient (Wildman–Crippen LogP) is 4.55. The molecule has 0 aliphatic heterocycles. The van der Waals surface area contributed by atoms with Crippen LogP contribution in [0.2, 0.25) is 0 Å². The molecule has 1 unspecified atom stereocenters. The van der Waals surface area contributed by atoms with Gasteiger partial charge in [0, 0.05) is 41.3 Å². The highest BCUT2D eigenvalue weighted by Gasteiger charge is 2.28. The molecule has 0 spiro atoms. The number of H-pyrrole nitrogens is 2. The highest BCUT2D eigenvalue weighted by Crippen LogP contribution is 2.41. The fourth-order valence-corrected chi connectivity index (χ4v) is 6.08. The summed E-state index contributed by atoms with van der Waals surface area (Å²) < 4.78 is 0. The second-order valence-electron chi connectivity index (χ2n) is 10.6. The van der Waals surface area contributed by atoms with Crippen LogP contribution >= 0.6 is 0 Å². The number of hydrogen-bond acceptors (Lipinski definition) is 4. The van der Waals surface area contributed by atoms with Gasteiger partial charge in [-0.25, -0.2) is 0 Å². The summed E-state index contributed by atoms with van der Waals surface area (Å²) in [5, 5.41) is 25.3. The second-order valence-corrected chi connectivity index (χ2v) is 10.6. The predicted molar refractivity (Wildman–Crippen MR) is 143 cm³/mol. The third-order valence-electron chi connectivity index (χ3n) is 7.93. The minimum Gasteiger partial charge on any atom is -0.494 e. The van der Waals surface area contributed by atoms with Gasteiger partial charge in [0.2, 0.25) is 0 Å². The Bertz CT molecular complexity index is 1300. The number of fused-ring (bicyclic) bond motifs is 2. The van der Waals surface area contributed by atoms with Crippen LogP contribution in [-0.2, 0) is 6.42 Å². The molecule has 1 amide bonds. The molecule has 2 aromatic heterocycles. The van der Waals surface area contributed by atoms with E-state index in [1.54, 1.807) is 0 Å². The molecule has 5 rings (SSSR count). The Morgan fingerprint density at radius 2 is 1.97 bits per heavy atom. The van der Waals surface area contributed by atoms with Crippen LogP contribution in [0, 0.1) is 13.8 Å². The van der Waals surface area contributed by atoms with E-state index in [2.05, 4.69) is 39.4 Å². The molecule has 5 N–H and O–H groups in total. The van der Waals surface area contributed by atoms with Crippen molar-refractivity contribution in [2.45, 2.75) is 70.9 Å². The number of aliphatic hydroxyl groups excluding tert-OH is 1. The monoisotopic (exact) mass is 490 g/mol. The highest BCUT2D eigenvalue weighted by atomic mass is 16.3. The fourth-order valence-electron chi connectivity index (χ4n) is 6.08. The number of hydrogen-bond donors (Lipinski definition) is 5. The number of aromatic amines is 2. The Morgan fingerprint density at radius 3 is 2.75 bits per heavy atom. The van der Waals surface area contributed by atoms with Crippen molar-refractivity contribution in [2.75, 3.05) is 20.1 Å². The molecule has 1 aromatic carbocycles. The van der Waals surface area contributed by atoms with Gasteiger partial charge in [0.05, 0.1) is 22.9 Å². The lowest BCUT2D eigenvalue weighted by molar-refractivity contribution is 0.0793. The summed E-state index contributed by atoms with van der Waals surface area (Å²) in [6, 6.07) is 6.60. The third-order valence-corrected chi connectivity index (χ3v) is 7.93. The number of aromatic hydroxyl groups is 1. The number of nitrogens with zero attached hydrogens (tertiary/aromatic N) is 1. The molecule has 2 aliphatic carbocycles. The van der Waals surface area contributed by atoms with Gasteiger partial charge in [-0.3, -0.25) is 4.79 Å². The molecular formula is C29H38N4O3. The molecule has 7 heteroatoms.